The molecule has 0 aromatic heterocycles. The molecule has 0 unspecified atom stereocenters. The van der Waals surface area contributed by atoms with Crippen LogP contribution in [-0.4, -0.2) is 19.2 Å². The van der Waals surface area contributed by atoms with E-state index in [1.165, 1.54) is 6.08 Å². The van der Waals surface area contributed by atoms with Crippen molar-refractivity contribution >= 4 is 21.9 Å². The summed E-state index contributed by atoms with van der Waals surface area (Å²) in [5.74, 6) is 0.179. The number of ether oxygens (including phenoxy) is 2. The maximum atomic E-state index is 11.6. The van der Waals surface area contributed by atoms with Gasteiger partial charge in [-0.15, -0.1) is 0 Å². The van der Waals surface area contributed by atoms with Crippen molar-refractivity contribution in [2.45, 2.75) is 0 Å². The van der Waals surface area contributed by atoms with E-state index in [0.717, 1.165) is 4.47 Å². The summed E-state index contributed by atoms with van der Waals surface area (Å²) in [6.45, 7) is 7.61. The molecule has 0 heterocycles. The molecule has 0 amide bonds. The van der Waals surface area contributed by atoms with Crippen molar-refractivity contribution < 1.29 is 14.3 Å². The van der Waals surface area contributed by atoms with Gasteiger partial charge in [-0.2, -0.15) is 0 Å². The molecule has 1 aromatic rings. The molecule has 90 valence electrons. The number of carbonyl (C=O) groups is 1. The Bertz CT molecular complexity index is 427. The lowest BCUT2D eigenvalue weighted by Crippen LogP contribution is -2.05. The molecular formula is C13H13BrO3. The van der Waals surface area contributed by atoms with Crippen LogP contribution in [0.25, 0.3) is 0 Å². The van der Waals surface area contributed by atoms with Crippen molar-refractivity contribution in [3.63, 3.8) is 0 Å². The first kappa shape index (κ1) is 13.5. The van der Waals surface area contributed by atoms with E-state index in [4.69, 9.17) is 9.47 Å². The van der Waals surface area contributed by atoms with Crippen molar-refractivity contribution in [2.24, 2.45) is 0 Å². The molecule has 0 fully saturated rings. The van der Waals surface area contributed by atoms with Gasteiger partial charge in [0.15, 0.2) is 0 Å². The minimum atomic E-state index is -0.402. The van der Waals surface area contributed by atoms with Gasteiger partial charge in [0, 0.05) is 0 Å². The van der Waals surface area contributed by atoms with Gasteiger partial charge in [0.1, 0.15) is 19.0 Å². The van der Waals surface area contributed by atoms with Gasteiger partial charge < -0.3 is 9.47 Å². The summed E-state index contributed by atoms with van der Waals surface area (Å²) in [6.07, 6.45) is 3.15. The van der Waals surface area contributed by atoms with E-state index >= 15 is 0 Å². The van der Waals surface area contributed by atoms with Crippen LogP contribution in [0, 0.1) is 0 Å². The predicted octanol–water partition coefficient (Wildman–Crippen LogP) is 3.36. The van der Waals surface area contributed by atoms with Crippen LogP contribution in [-0.2, 0) is 4.74 Å². The first-order valence-corrected chi connectivity index (χ1v) is 5.79. The molecule has 0 radical (unpaired) electrons. The SMILES string of the molecule is C=CCOC(=O)c1ccc(Br)c(OCC=C)c1. The fourth-order valence-electron chi connectivity index (χ4n) is 1.11. The van der Waals surface area contributed by atoms with Crippen LogP contribution in [0.4, 0.5) is 0 Å². The van der Waals surface area contributed by atoms with Crippen molar-refractivity contribution in [1.82, 2.24) is 0 Å². The van der Waals surface area contributed by atoms with Crippen LogP contribution in [0.15, 0.2) is 48.0 Å². The fraction of sp³-hybridized carbons (Fsp3) is 0.154. The Morgan fingerprint density at radius 3 is 2.65 bits per heavy atom. The first-order valence-electron chi connectivity index (χ1n) is 5.00. The number of carbonyl (C=O) groups excluding carboxylic acids is 1. The second kappa shape index (κ2) is 6.91. The zero-order valence-corrected chi connectivity index (χ0v) is 10.9. The maximum absolute atomic E-state index is 11.6. The van der Waals surface area contributed by atoms with Gasteiger partial charge in [-0.3, -0.25) is 0 Å². The van der Waals surface area contributed by atoms with Crippen molar-refractivity contribution in [2.75, 3.05) is 13.2 Å². The van der Waals surface area contributed by atoms with Gasteiger partial charge in [0.05, 0.1) is 10.0 Å². The largest absolute Gasteiger partial charge is 0.488 e. The molecule has 17 heavy (non-hydrogen) atoms. The van der Waals surface area contributed by atoms with Crippen LogP contribution < -0.4 is 4.74 Å². The number of esters is 1. The van der Waals surface area contributed by atoms with Crippen LogP contribution in [0.1, 0.15) is 10.4 Å². The van der Waals surface area contributed by atoms with E-state index in [2.05, 4.69) is 29.1 Å². The summed E-state index contributed by atoms with van der Waals surface area (Å²) in [5, 5.41) is 0. The fourth-order valence-corrected chi connectivity index (χ4v) is 1.47. The highest BCUT2D eigenvalue weighted by Gasteiger charge is 2.10. The van der Waals surface area contributed by atoms with Gasteiger partial charge in [0.25, 0.3) is 0 Å². The van der Waals surface area contributed by atoms with E-state index in [1.807, 2.05) is 0 Å². The average Bonchev–Trinajstić information content (AvgIpc) is 2.35. The minimum Gasteiger partial charge on any atom is -0.488 e. The van der Waals surface area contributed by atoms with Crippen LogP contribution >= 0.6 is 15.9 Å². The second-order valence-corrected chi connectivity index (χ2v) is 3.99. The lowest BCUT2D eigenvalue weighted by atomic mass is 10.2. The Hall–Kier alpha value is -1.55. The summed E-state index contributed by atoms with van der Waals surface area (Å²) in [5.41, 5.74) is 0.439. The van der Waals surface area contributed by atoms with Gasteiger partial charge in [-0.05, 0) is 34.1 Å². The highest BCUT2D eigenvalue weighted by atomic mass is 79.9. The minimum absolute atomic E-state index is 0.192. The third-order valence-corrected chi connectivity index (χ3v) is 2.51. The van der Waals surface area contributed by atoms with Gasteiger partial charge >= 0.3 is 5.97 Å². The van der Waals surface area contributed by atoms with Crippen molar-refractivity contribution in [3.8, 4) is 5.75 Å². The van der Waals surface area contributed by atoms with E-state index in [-0.39, 0.29) is 6.61 Å². The van der Waals surface area contributed by atoms with Crippen molar-refractivity contribution in [3.05, 3.63) is 53.5 Å². The molecule has 0 atom stereocenters. The molecular weight excluding hydrogens is 284 g/mol. The number of rotatable bonds is 6. The Labute approximate surface area is 109 Å². The zero-order valence-electron chi connectivity index (χ0n) is 9.32. The lowest BCUT2D eigenvalue weighted by Gasteiger charge is -2.08. The van der Waals surface area contributed by atoms with Crippen molar-refractivity contribution in [1.29, 1.82) is 0 Å². The Kier molecular flexibility index (Phi) is 5.49. The summed E-state index contributed by atoms with van der Waals surface area (Å²) in [6, 6.07) is 5.03. The predicted molar refractivity (Wildman–Crippen MR) is 70.3 cm³/mol. The van der Waals surface area contributed by atoms with Gasteiger partial charge in [-0.25, -0.2) is 4.79 Å². The smallest absolute Gasteiger partial charge is 0.338 e. The van der Waals surface area contributed by atoms with E-state index < -0.39 is 5.97 Å². The number of hydrogen-bond acceptors (Lipinski definition) is 3. The van der Waals surface area contributed by atoms with E-state index in [1.54, 1.807) is 24.3 Å². The average molecular weight is 297 g/mol. The molecule has 1 aromatic carbocycles. The standard InChI is InChI=1S/C13H13BrO3/c1-3-7-16-12-9-10(5-6-11(12)14)13(15)17-8-4-2/h3-6,9H,1-2,7-8H2. The van der Waals surface area contributed by atoms with Crippen LogP contribution in [0.3, 0.4) is 0 Å². The molecule has 0 saturated heterocycles. The molecule has 0 spiro atoms. The van der Waals surface area contributed by atoms with Gasteiger partial charge in [0.2, 0.25) is 0 Å². The molecule has 3 nitrogen and oxygen atoms in total. The number of halogens is 1. The molecule has 0 saturated carbocycles. The molecule has 0 aliphatic carbocycles. The van der Waals surface area contributed by atoms with E-state index in [0.29, 0.717) is 17.9 Å². The molecule has 0 bridgehead atoms. The molecule has 0 aliphatic rings. The Morgan fingerprint density at radius 1 is 1.29 bits per heavy atom. The normalized spacial score (nSPS) is 9.47. The Balaban J connectivity index is 2.83. The second-order valence-electron chi connectivity index (χ2n) is 3.13. The summed E-state index contributed by atoms with van der Waals surface area (Å²) < 4.78 is 11.1. The summed E-state index contributed by atoms with van der Waals surface area (Å²) in [7, 11) is 0. The topological polar surface area (TPSA) is 35.5 Å². The first-order chi connectivity index (χ1) is 8.19. The van der Waals surface area contributed by atoms with E-state index in [9.17, 15) is 4.79 Å². The number of benzene rings is 1. The summed E-state index contributed by atoms with van der Waals surface area (Å²) >= 11 is 3.33. The molecule has 4 heteroatoms. The molecule has 1 rings (SSSR count). The maximum Gasteiger partial charge on any atom is 0.338 e. The van der Waals surface area contributed by atoms with Gasteiger partial charge in [-0.1, -0.05) is 25.3 Å². The highest BCUT2D eigenvalue weighted by molar-refractivity contribution is 9.10. The third-order valence-electron chi connectivity index (χ3n) is 1.86. The Morgan fingerprint density at radius 2 is 2.00 bits per heavy atom. The summed E-state index contributed by atoms with van der Waals surface area (Å²) in [4.78, 5) is 11.6. The third kappa shape index (κ3) is 4.07. The monoisotopic (exact) mass is 296 g/mol. The highest BCUT2D eigenvalue weighted by Crippen LogP contribution is 2.26. The molecule has 0 N–H and O–H groups in total. The zero-order chi connectivity index (χ0) is 12.7. The van der Waals surface area contributed by atoms with Crippen LogP contribution in [0.5, 0.6) is 5.75 Å². The van der Waals surface area contributed by atoms with Crippen LogP contribution in [0.2, 0.25) is 0 Å². The molecule has 0 aliphatic heterocycles. The quantitative estimate of drug-likeness (QED) is 0.596. The number of hydrogen-bond donors (Lipinski definition) is 0. The lowest BCUT2D eigenvalue weighted by molar-refractivity contribution is 0.0549.